The second kappa shape index (κ2) is 5.03. The van der Waals surface area contributed by atoms with Crippen LogP contribution in [0.2, 0.25) is 0 Å². The number of halogens is 1. The second-order valence-electron chi connectivity index (χ2n) is 1.59. The van der Waals surface area contributed by atoms with Crippen molar-refractivity contribution in [3.8, 4) is 0 Å². The van der Waals surface area contributed by atoms with Gasteiger partial charge in [0.15, 0.2) is 0 Å². The fraction of sp³-hybridized carbons (Fsp3) is 0.333. The highest BCUT2D eigenvalue weighted by molar-refractivity contribution is 7.89. The van der Waals surface area contributed by atoms with Gasteiger partial charge >= 0.3 is 0 Å². The molecular weight excluding hydrogens is 171 g/mol. The Morgan fingerprint density at radius 3 is 2.36 bits per heavy atom. The normalized spacial score (nSPS) is 18.6. The molecule has 0 bridgehead atoms. The monoisotopic (exact) mass is 180 g/mol. The Morgan fingerprint density at radius 1 is 1.73 bits per heavy atom. The lowest BCUT2D eigenvalue weighted by Crippen LogP contribution is -1.92. The van der Waals surface area contributed by atoms with Crippen molar-refractivity contribution in [2.24, 2.45) is 0 Å². The maximum atomic E-state index is 10.6. The molecule has 0 aromatic carbocycles. The summed E-state index contributed by atoms with van der Waals surface area (Å²) in [5.74, 6) is 0. The summed E-state index contributed by atoms with van der Waals surface area (Å²) in [4.78, 5) is 0. The summed E-state index contributed by atoms with van der Waals surface area (Å²) in [6.45, 7) is 2.88. The molecule has 1 aliphatic heterocycles. The second-order valence-corrected chi connectivity index (χ2v) is 3.09. The van der Waals surface area contributed by atoms with Gasteiger partial charge in [-0.3, -0.25) is 4.18 Å². The number of allylic oxidation sites excluding steroid dienone is 1. The van der Waals surface area contributed by atoms with Gasteiger partial charge in [-0.05, 0) is 6.08 Å². The summed E-state index contributed by atoms with van der Waals surface area (Å²) in [7, 11) is -3.23. The lowest BCUT2D eigenvalue weighted by Gasteiger charge is -1.83. The summed E-state index contributed by atoms with van der Waals surface area (Å²) >= 11 is 0. The van der Waals surface area contributed by atoms with Crippen LogP contribution in [0.5, 0.6) is 0 Å². The number of rotatable bonds is 1. The average Bonchev–Trinajstić information content (AvgIpc) is 2.35. The van der Waals surface area contributed by atoms with Gasteiger partial charge in [0.2, 0.25) is 0 Å². The maximum Gasteiger partial charge on any atom is 0.290 e. The number of alkyl halides is 1. The van der Waals surface area contributed by atoms with E-state index in [1.165, 1.54) is 12.2 Å². The van der Waals surface area contributed by atoms with Gasteiger partial charge in [-0.1, -0.05) is 6.08 Å². The van der Waals surface area contributed by atoms with E-state index in [9.17, 15) is 12.8 Å². The molecule has 0 spiro atoms. The first kappa shape index (κ1) is 10.3. The van der Waals surface area contributed by atoms with E-state index < -0.39 is 16.8 Å². The summed E-state index contributed by atoms with van der Waals surface area (Å²) in [5.41, 5.74) is 0. The SMILES string of the molecule is C=CCF.O=S1(=O)C=CCO1. The van der Waals surface area contributed by atoms with Gasteiger partial charge < -0.3 is 0 Å². The highest BCUT2D eigenvalue weighted by Crippen LogP contribution is 2.01. The standard InChI is InChI=1S/C3H5F.C3H4O3S/c1-2-3-4;4-7(5)3-1-2-6-7/h2H,1,3H2;1,3H,2H2. The van der Waals surface area contributed by atoms with Crippen LogP contribution in [0.25, 0.3) is 0 Å². The highest BCUT2D eigenvalue weighted by atomic mass is 32.2. The van der Waals surface area contributed by atoms with E-state index in [4.69, 9.17) is 0 Å². The third-order valence-corrected chi connectivity index (χ3v) is 1.69. The fourth-order valence-corrected chi connectivity index (χ4v) is 0.992. The zero-order chi connectivity index (χ0) is 8.74. The fourth-order valence-electron chi connectivity index (χ4n) is 0.331. The molecule has 5 heteroatoms. The molecule has 0 N–H and O–H groups in total. The third kappa shape index (κ3) is 5.75. The molecular formula is C6H9FO3S. The molecule has 1 aliphatic rings. The van der Waals surface area contributed by atoms with Crippen LogP contribution in [-0.4, -0.2) is 21.7 Å². The van der Waals surface area contributed by atoms with Crippen LogP contribution in [0.4, 0.5) is 4.39 Å². The van der Waals surface area contributed by atoms with E-state index in [-0.39, 0.29) is 6.61 Å². The summed E-state index contributed by atoms with van der Waals surface area (Å²) in [5, 5.41) is 1.05. The third-order valence-electron chi connectivity index (χ3n) is 0.701. The van der Waals surface area contributed by atoms with E-state index in [0.717, 1.165) is 5.41 Å². The van der Waals surface area contributed by atoms with Crippen molar-refractivity contribution in [3.63, 3.8) is 0 Å². The van der Waals surface area contributed by atoms with Gasteiger partial charge in [0.05, 0.1) is 12.0 Å². The molecule has 0 aromatic rings. The van der Waals surface area contributed by atoms with Crippen molar-refractivity contribution in [1.29, 1.82) is 0 Å². The molecule has 1 heterocycles. The van der Waals surface area contributed by atoms with Crippen molar-refractivity contribution < 1.29 is 17.0 Å². The minimum absolute atomic E-state index is 0.197. The van der Waals surface area contributed by atoms with E-state index in [2.05, 4.69) is 10.8 Å². The van der Waals surface area contributed by atoms with Crippen LogP contribution in [0.15, 0.2) is 24.1 Å². The van der Waals surface area contributed by atoms with Crippen LogP contribution in [0.3, 0.4) is 0 Å². The summed E-state index contributed by atoms with van der Waals surface area (Å²) in [6, 6.07) is 0. The van der Waals surface area contributed by atoms with E-state index in [1.54, 1.807) is 0 Å². The molecule has 0 fully saturated rings. The average molecular weight is 180 g/mol. The van der Waals surface area contributed by atoms with Gasteiger partial charge in [0, 0.05) is 0 Å². The molecule has 0 radical (unpaired) electrons. The molecule has 0 aliphatic carbocycles. The molecule has 0 amide bonds. The van der Waals surface area contributed by atoms with Crippen LogP contribution in [0, 0.1) is 0 Å². The predicted molar refractivity (Wildman–Crippen MR) is 40.2 cm³/mol. The minimum atomic E-state index is -3.23. The Kier molecular flexibility index (Phi) is 4.72. The van der Waals surface area contributed by atoms with Crippen LogP contribution in [-0.2, 0) is 14.3 Å². The maximum absolute atomic E-state index is 10.6. The van der Waals surface area contributed by atoms with Gasteiger partial charge in [-0.15, -0.1) is 6.58 Å². The lowest BCUT2D eigenvalue weighted by molar-refractivity contribution is 0.375. The van der Waals surface area contributed by atoms with Gasteiger partial charge in [-0.25, -0.2) is 4.39 Å². The van der Waals surface area contributed by atoms with Crippen molar-refractivity contribution in [3.05, 3.63) is 24.1 Å². The zero-order valence-electron chi connectivity index (χ0n) is 5.86. The Labute approximate surface area is 65.3 Å². The van der Waals surface area contributed by atoms with E-state index in [1.807, 2.05) is 0 Å². The Bertz CT molecular complexity index is 230. The van der Waals surface area contributed by atoms with E-state index in [0.29, 0.717) is 0 Å². The number of hydrogen-bond donors (Lipinski definition) is 0. The van der Waals surface area contributed by atoms with Crippen LogP contribution < -0.4 is 0 Å². The van der Waals surface area contributed by atoms with Crippen LogP contribution >= 0.6 is 0 Å². The zero-order valence-corrected chi connectivity index (χ0v) is 6.68. The Morgan fingerprint density at radius 2 is 2.27 bits per heavy atom. The predicted octanol–water partition coefficient (Wildman–Crippen LogP) is 1.00. The van der Waals surface area contributed by atoms with Crippen molar-refractivity contribution in [2.75, 3.05) is 13.3 Å². The van der Waals surface area contributed by atoms with Gasteiger partial charge in [0.1, 0.15) is 6.67 Å². The van der Waals surface area contributed by atoms with Gasteiger partial charge in [0.25, 0.3) is 10.1 Å². The van der Waals surface area contributed by atoms with Crippen molar-refractivity contribution >= 4 is 10.1 Å². The molecule has 1 rings (SSSR count). The highest BCUT2D eigenvalue weighted by Gasteiger charge is 2.08. The summed E-state index contributed by atoms with van der Waals surface area (Å²) < 4.78 is 35.0. The largest absolute Gasteiger partial charge is 0.290 e. The quantitative estimate of drug-likeness (QED) is 0.446. The molecule has 0 aromatic heterocycles. The molecule has 11 heavy (non-hydrogen) atoms. The van der Waals surface area contributed by atoms with Crippen molar-refractivity contribution in [2.45, 2.75) is 0 Å². The number of hydrogen-bond acceptors (Lipinski definition) is 3. The Balaban J connectivity index is 0.000000218. The Hall–Kier alpha value is -0.680. The first-order chi connectivity index (χ1) is 5.12. The smallest absolute Gasteiger partial charge is 0.263 e. The topological polar surface area (TPSA) is 43.4 Å². The van der Waals surface area contributed by atoms with Crippen molar-refractivity contribution in [1.82, 2.24) is 0 Å². The molecule has 0 saturated heterocycles. The first-order valence-corrected chi connectivity index (χ1v) is 4.32. The van der Waals surface area contributed by atoms with Gasteiger partial charge in [-0.2, -0.15) is 8.42 Å². The minimum Gasteiger partial charge on any atom is -0.263 e. The molecule has 0 atom stereocenters. The molecule has 64 valence electrons. The summed E-state index contributed by atoms with van der Waals surface area (Å²) in [6.07, 6.45) is 2.66. The molecule has 0 saturated carbocycles. The lowest BCUT2D eigenvalue weighted by atomic mass is 10.7. The molecule has 0 unspecified atom stereocenters. The molecule has 3 nitrogen and oxygen atoms in total. The first-order valence-electron chi connectivity index (χ1n) is 2.85. The van der Waals surface area contributed by atoms with E-state index >= 15 is 0 Å². The van der Waals surface area contributed by atoms with Crippen LogP contribution in [0.1, 0.15) is 0 Å².